The molecule has 0 fully saturated rings. The molecule has 0 saturated heterocycles. The Bertz CT molecular complexity index is 528. The maximum atomic E-state index is 9.97. The Balaban J connectivity index is 2.34. The van der Waals surface area contributed by atoms with E-state index < -0.39 is 0 Å². The SMILES string of the molecule is COc1ccc2c(cc3n2CCC3)c1O. The molecular formula is C12H13NO2. The van der Waals surface area contributed by atoms with Crippen LogP contribution in [0.3, 0.4) is 0 Å². The minimum absolute atomic E-state index is 0.261. The van der Waals surface area contributed by atoms with Crippen molar-refractivity contribution in [3.63, 3.8) is 0 Å². The van der Waals surface area contributed by atoms with Gasteiger partial charge in [0.25, 0.3) is 0 Å². The van der Waals surface area contributed by atoms with Crippen LogP contribution in [0, 0.1) is 0 Å². The third-order valence-electron chi connectivity index (χ3n) is 3.14. The van der Waals surface area contributed by atoms with Gasteiger partial charge in [0, 0.05) is 17.6 Å². The fourth-order valence-electron chi connectivity index (χ4n) is 2.41. The third kappa shape index (κ3) is 1.06. The van der Waals surface area contributed by atoms with Gasteiger partial charge in [0.05, 0.1) is 12.6 Å². The Labute approximate surface area is 87.9 Å². The van der Waals surface area contributed by atoms with Gasteiger partial charge in [-0.3, -0.25) is 0 Å². The molecule has 0 spiro atoms. The topological polar surface area (TPSA) is 34.4 Å². The number of hydrogen-bond acceptors (Lipinski definition) is 2. The lowest BCUT2D eigenvalue weighted by Gasteiger charge is -2.05. The van der Waals surface area contributed by atoms with E-state index >= 15 is 0 Å². The molecule has 2 aromatic rings. The van der Waals surface area contributed by atoms with Crippen molar-refractivity contribution in [1.29, 1.82) is 0 Å². The molecule has 0 bridgehead atoms. The molecule has 1 aromatic heterocycles. The van der Waals surface area contributed by atoms with Crippen molar-refractivity contribution >= 4 is 10.9 Å². The molecule has 3 heteroatoms. The molecule has 3 rings (SSSR count). The van der Waals surface area contributed by atoms with Crippen molar-refractivity contribution in [2.75, 3.05) is 7.11 Å². The van der Waals surface area contributed by atoms with E-state index in [2.05, 4.69) is 10.6 Å². The van der Waals surface area contributed by atoms with E-state index in [1.54, 1.807) is 7.11 Å². The number of benzene rings is 1. The molecular weight excluding hydrogens is 190 g/mol. The van der Waals surface area contributed by atoms with E-state index in [9.17, 15) is 5.11 Å². The van der Waals surface area contributed by atoms with Gasteiger partial charge in [0.15, 0.2) is 11.5 Å². The van der Waals surface area contributed by atoms with E-state index in [-0.39, 0.29) is 5.75 Å². The van der Waals surface area contributed by atoms with Crippen LogP contribution in [0.1, 0.15) is 12.1 Å². The van der Waals surface area contributed by atoms with Crippen LogP contribution in [-0.2, 0) is 13.0 Å². The number of hydrogen-bond donors (Lipinski definition) is 1. The molecule has 15 heavy (non-hydrogen) atoms. The van der Waals surface area contributed by atoms with Crippen molar-refractivity contribution in [3.8, 4) is 11.5 Å². The summed E-state index contributed by atoms with van der Waals surface area (Å²) < 4.78 is 7.37. The summed E-state index contributed by atoms with van der Waals surface area (Å²) >= 11 is 0. The highest BCUT2D eigenvalue weighted by atomic mass is 16.5. The number of nitrogens with zero attached hydrogens (tertiary/aromatic N) is 1. The molecule has 0 aliphatic carbocycles. The number of rotatable bonds is 1. The highest BCUT2D eigenvalue weighted by molar-refractivity contribution is 5.89. The smallest absolute Gasteiger partial charge is 0.167 e. The summed E-state index contributed by atoms with van der Waals surface area (Å²) in [5.74, 6) is 0.809. The number of phenols is 1. The van der Waals surface area contributed by atoms with Crippen molar-refractivity contribution in [2.45, 2.75) is 19.4 Å². The molecule has 0 saturated carbocycles. The summed E-state index contributed by atoms with van der Waals surface area (Å²) in [5.41, 5.74) is 2.43. The molecule has 1 aromatic carbocycles. The van der Waals surface area contributed by atoms with E-state index in [4.69, 9.17) is 4.74 Å². The highest BCUT2D eigenvalue weighted by Crippen LogP contribution is 2.37. The summed E-state index contributed by atoms with van der Waals surface area (Å²) in [5, 5.41) is 10.9. The predicted octanol–water partition coefficient (Wildman–Crippen LogP) is 2.30. The fraction of sp³-hybridized carbons (Fsp3) is 0.333. The Morgan fingerprint density at radius 3 is 3.07 bits per heavy atom. The quantitative estimate of drug-likeness (QED) is 0.771. The molecule has 78 valence electrons. The zero-order valence-corrected chi connectivity index (χ0v) is 8.66. The van der Waals surface area contributed by atoms with Crippen molar-refractivity contribution < 1.29 is 9.84 Å². The number of methoxy groups -OCH3 is 1. The summed E-state index contributed by atoms with van der Waals surface area (Å²) in [6.07, 6.45) is 2.31. The maximum Gasteiger partial charge on any atom is 0.167 e. The number of aryl methyl sites for hydroxylation is 2. The van der Waals surface area contributed by atoms with E-state index in [0.29, 0.717) is 5.75 Å². The van der Waals surface area contributed by atoms with Crippen molar-refractivity contribution in [1.82, 2.24) is 4.57 Å². The average Bonchev–Trinajstić information content (AvgIpc) is 2.79. The van der Waals surface area contributed by atoms with Gasteiger partial charge in [-0.05, 0) is 31.0 Å². The molecule has 0 unspecified atom stereocenters. The molecule has 2 heterocycles. The van der Waals surface area contributed by atoms with E-state index in [1.165, 1.54) is 12.1 Å². The number of aromatic hydroxyl groups is 1. The predicted molar refractivity (Wildman–Crippen MR) is 58.5 cm³/mol. The Hall–Kier alpha value is -1.64. The lowest BCUT2D eigenvalue weighted by Crippen LogP contribution is -1.91. The van der Waals surface area contributed by atoms with Crippen LogP contribution in [-0.4, -0.2) is 16.8 Å². The molecule has 0 radical (unpaired) electrons. The zero-order valence-electron chi connectivity index (χ0n) is 8.66. The number of aromatic nitrogens is 1. The van der Waals surface area contributed by atoms with Crippen LogP contribution in [0.4, 0.5) is 0 Å². The van der Waals surface area contributed by atoms with Gasteiger partial charge in [-0.1, -0.05) is 0 Å². The fourth-order valence-corrected chi connectivity index (χ4v) is 2.41. The van der Waals surface area contributed by atoms with E-state index in [1.807, 2.05) is 12.1 Å². The van der Waals surface area contributed by atoms with Gasteiger partial charge in [-0.15, -0.1) is 0 Å². The maximum absolute atomic E-state index is 9.97. The monoisotopic (exact) mass is 203 g/mol. The molecule has 1 aliphatic rings. The first-order valence-electron chi connectivity index (χ1n) is 5.19. The Kier molecular flexibility index (Phi) is 1.69. The first-order chi connectivity index (χ1) is 7.31. The summed E-state index contributed by atoms with van der Waals surface area (Å²) in [6.45, 7) is 1.06. The largest absolute Gasteiger partial charge is 0.504 e. The van der Waals surface area contributed by atoms with Crippen LogP contribution in [0.15, 0.2) is 18.2 Å². The van der Waals surface area contributed by atoms with Gasteiger partial charge in [0.2, 0.25) is 0 Å². The second-order valence-corrected chi connectivity index (χ2v) is 3.94. The summed E-state index contributed by atoms with van der Waals surface area (Å²) in [4.78, 5) is 0. The Morgan fingerprint density at radius 1 is 1.40 bits per heavy atom. The van der Waals surface area contributed by atoms with Crippen LogP contribution in [0.5, 0.6) is 11.5 Å². The molecule has 0 amide bonds. The standard InChI is InChI=1S/C12H13NO2/c1-15-11-5-4-10-9(12(11)14)7-8-3-2-6-13(8)10/h4-5,7,14H,2-3,6H2,1H3. The Morgan fingerprint density at radius 2 is 2.27 bits per heavy atom. The molecule has 1 aliphatic heterocycles. The minimum Gasteiger partial charge on any atom is -0.504 e. The minimum atomic E-state index is 0.261. The lowest BCUT2D eigenvalue weighted by atomic mass is 10.2. The van der Waals surface area contributed by atoms with Gasteiger partial charge in [-0.25, -0.2) is 0 Å². The van der Waals surface area contributed by atoms with Crippen LogP contribution >= 0.6 is 0 Å². The van der Waals surface area contributed by atoms with Crippen molar-refractivity contribution in [3.05, 3.63) is 23.9 Å². The van der Waals surface area contributed by atoms with Gasteiger partial charge >= 0.3 is 0 Å². The van der Waals surface area contributed by atoms with Crippen molar-refractivity contribution in [2.24, 2.45) is 0 Å². The van der Waals surface area contributed by atoms with Gasteiger partial charge in [-0.2, -0.15) is 0 Å². The molecule has 1 N–H and O–H groups in total. The summed E-state index contributed by atoms with van der Waals surface area (Å²) in [7, 11) is 1.57. The normalized spacial score (nSPS) is 14.5. The van der Waals surface area contributed by atoms with E-state index in [0.717, 1.165) is 23.9 Å². The molecule has 3 nitrogen and oxygen atoms in total. The van der Waals surface area contributed by atoms with Gasteiger partial charge in [0.1, 0.15) is 0 Å². The van der Waals surface area contributed by atoms with Gasteiger partial charge < -0.3 is 14.4 Å². The zero-order chi connectivity index (χ0) is 10.4. The van der Waals surface area contributed by atoms with Crippen LogP contribution in [0.2, 0.25) is 0 Å². The highest BCUT2D eigenvalue weighted by Gasteiger charge is 2.17. The first kappa shape index (κ1) is 8.65. The number of fused-ring (bicyclic) bond motifs is 3. The second-order valence-electron chi connectivity index (χ2n) is 3.94. The first-order valence-corrected chi connectivity index (χ1v) is 5.19. The third-order valence-corrected chi connectivity index (χ3v) is 3.14. The molecule has 0 atom stereocenters. The lowest BCUT2D eigenvalue weighted by molar-refractivity contribution is 0.376. The number of ether oxygens (including phenoxy) is 1. The average molecular weight is 203 g/mol. The van der Waals surface area contributed by atoms with Crippen LogP contribution < -0.4 is 4.74 Å². The van der Waals surface area contributed by atoms with Crippen LogP contribution in [0.25, 0.3) is 10.9 Å². The second kappa shape index (κ2) is 2.92. The summed E-state index contributed by atoms with van der Waals surface area (Å²) in [6, 6.07) is 5.91. The number of phenolic OH excluding ortho intramolecular Hbond substituents is 1.